The highest BCUT2D eigenvalue weighted by Crippen LogP contribution is 2.37. The molecule has 0 amide bonds. The zero-order valence-corrected chi connectivity index (χ0v) is 10.6. The van der Waals surface area contributed by atoms with Crippen LogP contribution in [0.25, 0.3) is 0 Å². The van der Waals surface area contributed by atoms with E-state index in [9.17, 15) is 0 Å². The third kappa shape index (κ3) is 2.80. The van der Waals surface area contributed by atoms with Crippen LogP contribution < -0.4 is 25.4 Å². The van der Waals surface area contributed by atoms with Gasteiger partial charge in [0.1, 0.15) is 5.75 Å². The Kier molecular flexibility index (Phi) is 3.83. The van der Waals surface area contributed by atoms with E-state index in [1.54, 1.807) is 18.3 Å². The zero-order valence-electron chi connectivity index (χ0n) is 9.80. The third-order valence-electron chi connectivity index (χ3n) is 2.18. The van der Waals surface area contributed by atoms with Gasteiger partial charge in [0.05, 0.1) is 12.8 Å². The van der Waals surface area contributed by atoms with Crippen molar-refractivity contribution >= 4 is 23.5 Å². The van der Waals surface area contributed by atoms with Gasteiger partial charge in [-0.15, -0.1) is 0 Å². The van der Waals surface area contributed by atoms with E-state index in [0.29, 0.717) is 23.9 Å². The molecule has 0 atom stereocenters. The maximum Gasteiger partial charge on any atom is 0.231 e. The second-order valence-corrected chi connectivity index (χ2v) is 3.85. The van der Waals surface area contributed by atoms with Gasteiger partial charge in [0.25, 0.3) is 0 Å². The molecule has 6 nitrogen and oxygen atoms in total. The minimum atomic E-state index is 0.102. The first-order chi connectivity index (χ1) is 8.70. The number of rotatable bonds is 4. The highest BCUT2D eigenvalue weighted by molar-refractivity contribution is 7.80. The maximum atomic E-state index is 5.50. The molecule has 1 aromatic rings. The summed E-state index contributed by atoms with van der Waals surface area (Å²) in [4.78, 5) is 0. The second-order valence-electron chi connectivity index (χ2n) is 3.41. The lowest BCUT2D eigenvalue weighted by Crippen LogP contribution is -2.24. The lowest BCUT2D eigenvalue weighted by molar-refractivity contribution is 0.174. The van der Waals surface area contributed by atoms with Crippen LogP contribution in [0.1, 0.15) is 12.5 Å². The summed E-state index contributed by atoms with van der Waals surface area (Å²) < 4.78 is 16.1. The van der Waals surface area contributed by atoms with Gasteiger partial charge in [-0.3, -0.25) is 5.43 Å². The van der Waals surface area contributed by atoms with Crippen molar-refractivity contribution in [3.05, 3.63) is 17.7 Å². The van der Waals surface area contributed by atoms with Gasteiger partial charge in [-0.25, -0.2) is 0 Å². The lowest BCUT2D eigenvalue weighted by atomic mass is 10.2. The summed E-state index contributed by atoms with van der Waals surface area (Å²) in [5, 5.41) is 3.99. The summed E-state index contributed by atoms with van der Waals surface area (Å²) in [6, 6.07) is 3.56. The van der Waals surface area contributed by atoms with Crippen LogP contribution in [0, 0.1) is 0 Å². The van der Waals surface area contributed by atoms with Crippen LogP contribution in [-0.2, 0) is 0 Å². The number of nitrogens with zero attached hydrogens (tertiary/aromatic N) is 1. The fraction of sp³-hybridized carbons (Fsp3) is 0.273. The molecule has 18 heavy (non-hydrogen) atoms. The van der Waals surface area contributed by atoms with Crippen molar-refractivity contribution in [1.29, 1.82) is 0 Å². The SMILES string of the molecule is CCOc1cc2c(cc1/C=N/NC(N)=S)OCO2. The van der Waals surface area contributed by atoms with Crippen molar-refractivity contribution in [2.24, 2.45) is 10.8 Å². The van der Waals surface area contributed by atoms with Gasteiger partial charge in [0.15, 0.2) is 16.6 Å². The monoisotopic (exact) mass is 267 g/mol. The standard InChI is InChI=1S/C11H13N3O3S/c1-2-15-8-4-10-9(16-6-17-10)3-7(8)5-13-14-11(12)18/h3-5H,2,6H2,1H3,(H3,12,14,18)/b13-5+. The van der Waals surface area contributed by atoms with Crippen molar-refractivity contribution in [3.63, 3.8) is 0 Å². The van der Waals surface area contributed by atoms with Gasteiger partial charge < -0.3 is 19.9 Å². The first-order valence-electron chi connectivity index (χ1n) is 5.35. The molecule has 7 heteroatoms. The summed E-state index contributed by atoms with van der Waals surface area (Å²) in [7, 11) is 0. The maximum absolute atomic E-state index is 5.50. The Morgan fingerprint density at radius 1 is 1.56 bits per heavy atom. The number of fused-ring (bicyclic) bond motifs is 1. The molecule has 0 aromatic heterocycles. The number of thiocarbonyl (C=S) groups is 1. The number of hydrogen-bond acceptors (Lipinski definition) is 5. The highest BCUT2D eigenvalue weighted by Gasteiger charge is 2.17. The topological polar surface area (TPSA) is 78.1 Å². The van der Waals surface area contributed by atoms with Crippen LogP contribution in [0.4, 0.5) is 0 Å². The molecular formula is C11H13N3O3S. The molecule has 1 heterocycles. The number of hydrazone groups is 1. The normalized spacial score (nSPS) is 12.7. The molecule has 0 radical (unpaired) electrons. The molecule has 0 spiro atoms. The summed E-state index contributed by atoms with van der Waals surface area (Å²) in [5.41, 5.74) is 8.51. The third-order valence-corrected chi connectivity index (χ3v) is 2.27. The Morgan fingerprint density at radius 2 is 2.28 bits per heavy atom. The van der Waals surface area contributed by atoms with Crippen LogP contribution in [0.2, 0.25) is 0 Å². The van der Waals surface area contributed by atoms with Crippen molar-refractivity contribution in [2.45, 2.75) is 6.92 Å². The van der Waals surface area contributed by atoms with E-state index >= 15 is 0 Å². The molecular weight excluding hydrogens is 254 g/mol. The predicted molar refractivity (Wildman–Crippen MR) is 71.2 cm³/mol. The van der Waals surface area contributed by atoms with Gasteiger partial charge in [-0.1, -0.05) is 0 Å². The fourth-order valence-corrected chi connectivity index (χ4v) is 1.54. The zero-order chi connectivity index (χ0) is 13.0. The Morgan fingerprint density at radius 3 is 2.94 bits per heavy atom. The highest BCUT2D eigenvalue weighted by atomic mass is 32.1. The Bertz CT molecular complexity index is 491. The van der Waals surface area contributed by atoms with Crippen molar-refractivity contribution in [1.82, 2.24) is 5.43 Å². The molecule has 0 unspecified atom stereocenters. The Hall–Kier alpha value is -2.02. The summed E-state index contributed by atoms with van der Waals surface area (Å²) in [5.74, 6) is 1.99. The average Bonchev–Trinajstić information content (AvgIpc) is 2.76. The predicted octanol–water partition coefficient (Wildman–Crippen LogP) is 0.981. The van der Waals surface area contributed by atoms with Crippen LogP contribution in [-0.4, -0.2) is 24.7 Å². The van der Waals surface area contributed by atoms with E-state index in [4.69, 9.17) is 19.9 Å². The summed E-state index contributed by atoms with van der Waals surface area (Å²) in [6.07, 6.45) is 1.56. The van der Waals surface area contributed by atoms with Gasteiger partial charge >= 0.3 is 0 Å². The van der Waals surface area contributed by atoms with E-state index in [2.05, 4.69) is 22.7 Å². The molecule has 1 aliphatic rings. The number of benzene rings is 1. The number of hydrogen-bond donors (Lipinski definition) is 2. The second kappa shape index (κ2) is 5.54. The molecule has 0 aliphatic carbocycles. The van der Waals surface area contributed by atoms with Gasteiger partial charge in [-0.05, 0) is 25.2 Å². The fourth-order valence-electron chi connectivity index (χ4n) is 1.49. The van der Waals surface area contributed by atoms with Crippen molar-refractivity contribution < 1.29 is 14.2 Å². The molecule has 0 fully saturated rings. The van der Waals surface area contributed by atoms with E-state index < -0.39 is 0 Å². The van der Waals surface area contributed by atoms with Crippen LogP contribution >= 0.6 is 12.2 Å². The molecule has 1 aliphatic heterocycles. The minimum absolute atomic E-state index is 0.102. The molecule has 0 saturated carbocycles. The van der Waals surface area contributed by atoms with Gasteiger partial charge in [0, 0.05) is 11.6 Å². The van der Waals surface area contributed by atoms with Crippen LogP contribution in [0.3, 0.4) is 0 Å². The first-order valence-corrected chi connectivity index (χ1v) is 5.76. The van der Waals surface area contributed by atoms with E-state index in [-0.39, 0.29) is 11.9 Å². The Labute approximate surface area is 110 Å². The first kappa shape index (κ1) is 12.4. The molecule has 0 saturated heterocycles. The molecule has 96 valence electrons. The summed E-state index contributed by atoms with van der Waals surface area (Å²) in [6.45, 7) is 2.66. The van der Waals surface area contributed by atoms with Crippen molar-refractivity contribution in [3.8, 4) is 17.2 Å². The number of nitrogens with one attached hydrogen (secondary N) is 1. The number of ether oxygens (including phenoxy) is 3. The average molecular weight is 267 g/mol. The van der Waals surface area contributed by atoms with E-state index in [1.807, 2.05) is 6.92 Å². The molecule has 0 bridgehead atoms. The van der Waals surface area contributed by atoms with Gasteiger partial charge in [0.2, 0.25) is 6.79 Å². The quantitative estimate of drug-likeness (QED) is 0.481. The smallest absolute Gasteiger partial charge is 0.231 e. The van der Waals surface area contributed by atoms with E-state index in [1.165, 1.54) is 0 Å². The van der Waals surface area contributed by atoms with Crippen molar-refractivity contribution in [2.75, 3.05) is 13.4 Å². The molecule has 2 rings (SSSR count). The minimum Gasteiger partial charge on any atom is -0.493 e. The van der Waals surface area contributed by atoms with E-state index in [0.717, 1.165) is 5.56 Å². The summed E-state index contributed by atoms with van der Waals surface area (Å²) >= 11 is 4.65. The lowest BCUT2D eigenvalue weighted by Gasteiger charge is -2.08. The largest absolute Gasteiger partial charge is 0.493 e. The van der Waals surface area contributed by atoms with Crippen LogP contribution in [0.15, 0.2) is 17.2 Å². The number of nitrogens with two attached hydrogens (primary N) is 1. The van der Waals surface area contributed by atoms with Gasteiger partial charge in [-0.2, -0.15) is 5.10 Å². The van der Waals surface area contributed by atoms with Crippen LogP contribution in [0.5, 0.6) is 17.2 Å². The molecule has 1 aromatic carbocycles. The Balaban J connectivity index is 2.26. The molecule has 3 N–H and O–H groups in total.